The van der Waals surface area contributed by atoms with Crippen LogP contribution in [0.5, 0.6) is 0 Å². The van der Waals surface area contributed by atoms with Crippen LogP contribution in [0, 0.1) is 6.92 Å². The number of ether oxygens (including phenoxy) is 1. The van der Waals surface area contributed by atoms with Crippen LogP contribution in [0.25, 0.3) is 0 Å². The van der Waals surface area contributed by atoms with Crippen LogP contribution >= 0.6 is 0 Å². The van der Waals surface area contributed by atoms with Gasteiger partial charge in [0.15, 0.2) is 5.60 Å². The van der Waals surface area contributed by atoms with Gasteiger partial charge in [-0.2, -0.15) is 5.10 Å². The number of carbonyl (C=O) groups is 2. The Hall–Kier alpha value is -2.67. The summed E-state index contributed by atoms with van der Waals surface area (Å²) in [5.74, 6) is -0.131. The van der Waals surface area contributed by atoms with E-state index in [-0.39, 0.29) is 18.4 Å². The summed E-state index contributed by atoms with van der Waals surface area (Å²) < 4.78 is 7.74. The van der Waals surface area contributed by atoms with E-state index in [1.54, 1.807) is 22.8 Å². The maximum Gasteiger partial charge on any atom is 0.261 e. The minimum atomic E-state index is -0.976. The fourth-order valence-corrected chi connectivity index (χ4v) is 4.21. The molecule has 1 aromatic carbocycles. The minimum absolute atomic E-state index is 0.0448. The zero-order chi connectivity index (χ0) is 19.7. The number of aromatic nitrogens is 2. The van der Waals surface area contributed by atoms with Gasteiger partial charge < -0.3 is 14.5 Å². The molecule has 1 atom stereocenters. The van der Waals surface area contributed by atoms with Crippen LogP contribution in [0.15, 0.2) is 36.5 Å². The van der Waals surface area contributed by atoms with Gasteiger partial charge in [0.05, 0.1) is 24.4 Å². The van der Waals surface area contributed by atoms with Crippen molar-refractivity contribution in [3.05, 3.63) is 47.8 Å². The zero-order valence-corrected chi connectivity index (χ0v) is 16.4. The van der Waals surface area contributed by atoms with Crippen LogP contribution in [0.3, 0.4) is 0 Å². The number of hydrogen-bond donors (Lipinski definition) is 0. The van der Waals surface area contributed by atoms with Gasteiger partial charge in [-0.05, 0) is 38.3 Å². The van der Waals surface area contributed by atoms with Crippen LogP contribution in [-0.4, -0.2) is 58.3 Å². The van der Waals surface area contributed by atoms with Crippen molar-refractivity contribution in [1.29, 1.82) is 0 Å². The van der Waals surface area contributed by atoms with Crippen molar-refractivity contribution in [1.82, 2.24) is 14.7 Å². The number of morpholine rings is 1. The molecule has 1 unspecified atom stereocenters. The van der Waals surface area contributed by atoms with Gasteiger partial charge in [0, 0.05) is 32.0 Å². The molecule has 3 heterocycles. The number of benzene rings is 1. The second kappa shape index (κ2) is 7.39. The highest BCUT2D eigenvalue weighted by Crippen LogP contribution is 2.32. The molecule has 7 nitrogen and oxygen atoms in total. The van der Waals surface area contributed by atoms with Crippen molar-refractivity contribution in [2.24, 2.45) is 7.05 Å². The number of carbonyl (C=O) groups excluding carboxylic acids is 2. The van der Waals surface area contributed by atoms with Crippen molar-refractivity contribution in [3.8, 4) is 0 Å². The van der Waals surface area contributed by atoms with E-state index in [0.29, 0.717) is 37.4 Å². The molecule has 2 amide bonds. The van der Waals surface area contributed by atoms with E-state index in [4.69, 9.17) is 4.74 Å². The summed E-state index contributed by atoms with van der Waals surface area (Å²) in [5.41, 5.74) is 1.19. The highest BCUT2D eigenvalue weighted by molar-refractivity contribution is 6.01. The van der Waals surface area contributed by atoms with Gasteiger partial charge in [-0.1, -0.05) is 18.2 Å². The Morgan fingerprint density at radius 2 is 1.96 bits per heavy atom. The average Bonchev–Trinajstić information content (AvgIpc) is 2.97. The van der Waals surface area contributed by atoms with E-state index in [2.05, 4.69) is 5.10 Å². The Balaban J connectivity index is 1.61. The van der Waals surface area contributed by atoms with E-state index < -0.39 is 5.60 Å². The number of para-hydroxylation sites is 1. The summed E-state index contributed by atoms with van der Waals surface area (Å²) in [6, 6.07) is 9.70. The molecule has 0 saturated carbocycles. The molecule has 28 heavy (non-hydrogen) atoms. The number of aryl methyl sites for hydroxylation is 2. The summed E-state index contributed by atoms with van der Waals surface area (Å²) in [6.45, 7) is 3.62. The Morgan fingerprint density at radius 3 is 2.68 bits per heavy atom. The van der Waals surface area contributed by atoms with E-state index >= 15 is 0 Å². The van der Waals surface area contributed by atoms with Crippen molar-refractivity contribution >= 4 is 17.5 Å². The molecule has 7 heteroatoms. The van der Waals surface area contributed by atoms with Gasteiger partial charge in [-0.25, -0.2) is 0 Å². The van der Waals surface area contributed by atoms with E-state index in [1.165, 1.54) is 0 Å². The lowest BCUT2D eigenvalue weighted by atomic mass is 9.93. The summed E-state index contributed by atoms with van der Waals surface area (Å²) in [5, 5.41) is 4.28. The van der Waals surface area contributed by atoms with E-state index in [9.17, 15) is 9.59 Å². The topological polar surface area (TPSA) is 67.7 Å². The van der Waals surface area contributed by atoms with Crippen LogP contribution in [0.1, 0.15) is 35.3 Å². The highest BCUT2D eigenvalue weighted by atomic mass is 16.5. The van der Waals surface area contributed by atoms with Crippen LogP contribution in [0.2, 0.25) is 0 Å². The van der Waals surface area contributed by atoms with Crippen LogP contribution < -0.4 is 4.90 Å². The number of amides is 2. The Morgan fingerprint density at radius 1 is 1.18 bits per heavy atom. The second-order valence-electron chi connectivity index (χ2n) is 7.62. The average molecular weight is 382 g/mol. The molecule has 2 aliphatic rings. The monoisotopic (exact) mass is 382 g/mol. The van der Waals surface area contributed by atoms with E-state index in [1.807, 2.05) is 42.2 Å². The molecule has 148 valence electrons. The highest BCUT2D eigenvalue weighted by Gasteiger charge is 2.48. The summed E-state index contributed by atoms with van der Waals surface area (Å²) in [7, 11) is 1.80. The SMILES string of the molecule is Cc1nn(C)cc1C(=O)N1CCOC2(CCCCN(c3ccccc3)C2=O)C1. The van der Waals surface area contributed by atoms with Gasteiger partial charge in [0.2, 0.25) is 0 Å². The smallest absolute Gasteiger partial charge is 0.261 e. The molecule has 2 aliphatic heterocycles. The third-order valence-electron chi connectivity index (χ3n) is 5.63. The third kappa shape index (κ3) is 3.30. The lowest BCUT2D eigenvalue weighted by Crippen LogP contribution is -2.61. The molecule has 1 spiro atoms. The Bertz CT molecular complexity index is 879. The quantitative estimate of drug-likeness (QED) is 0.798. The maximum absolute atomic E-state index is 13.5. The predicted octanol–water partition coefficient (Wildman–Crippen LogP) is 2.16. The largest absolute Gasteiger partial charge is 0.361 e. The number of hydrogen-bond acceptors (Lipinski definition) is 4. The zero-order valence-electron chi connectivity index (χ0n) is 16.4. The normalized spacial score (nSPS) is 23.1. The number of rotatable bonds is 2. The Labute approximate surface area is 164 Å². The van der Waals surface area contributed by atoms with Crippen LogP contribution in [0.4, 0.5) is 5.69 Å². The first-order valence-electron chi connectivity index (χ1n) is 9.81. The van der Waals surface area contributed by atoms with Crippen molar-refractivity contribution < 1.29 is 14.3 Å². The molecule has 0 aliphatic carbocycles. The minimum Gasteiger partial charge on any atom is -0.361 e. The van der Waals surface area contributed by atoms with Gasteiger partial charge in [-0.3, -0.25) is 14.3 Å². The summed E-state index contributed by atoms with van der Waals surface area (Å²) >= 11 is 0. The fraction of sp³-hybridized carbons (Fsp3) is 0.476. The van der Waals surface area contributed by atoms with E-state index in [0.717, 1.165) is 18.5 Å². The number of anilines is 1. The molecule has 2 aromatic rings. The van der Waals surface area contributed by atoms with Crippen LogP contribution in [-0.2, 0) is 16.6 Å². The molecule has 0 bridgehead atoms. The molecule has 2 fully saturated rings. The van der Waals surface area contributed by atoms with Gasteiger partial charge in [0.1, 0.15) is 0 Å². The maximum atomic E-state index is 13.5. The van der Waals surface area contributed by atoms with Gasteiger partial charge in [0.25, 0.3) is 11.8 Å². The Kier molecular flexibility index (Phi) is 4.93. The van der Waals surface area contributed by atoms with Crippen molar-refractivity contribution in [2.75, 3.05) is 31.1 Å². The third-order valence-corrected chi connectivity index (χ3v) is 5.63. The number of nitrogens with zero attached hydrogens (tertiary/aromatic N) is 4. The molecule has 4 rings (SSSR count). The molecular weight excluding hydrogens is 356 g/mol. The molecule has 2 saturated heterocycles. The lowest BCUT2D eigenvalue weighted by Gasteiger charge is -2.42. The van der Waals surface area contributed by atoms with Crippen molar-refractivity contribution in [2.45, 2.75) is 31.8 Å². The molecular formula is C21H26N4O3. The molecule has 1 aromatic heterocycles. The molecule has 0 radical (unpaired) electrons. The van der Waals surface area contributed by atoms with Gasteiger partial charge >= 0.3 is 0 Å². The molecule has 0 N–H and O–H groups in total. The first-order valence-corrected chi connectivity index (χ1v) is 9.81. The summed E-state index contributed by atoms with van der Waals surface area (Å²) in [6.07, 6.45) is 4.18. The fourth-order valence-electron chi connectivity index (χ4n) is 4.21. The lowest BCUT2D eigenvalue weighted by molar-refractivity contribution is -0.155. The summed E-state index contributed by atoms with van der Waals surface area (Å²) in [4.78, 5) is 30.2. The predicted molar refractivity (Wildman–Crippen MR) is 105 cm³/mol. The first-order chi connectivity index (χ1) is 13.5. The van der Waals surface area contributed by atoms with Crippen molar-refractivity contribution in [3.63, 3.8) is 0 Å². The first kappa shape index (κ1) is 18.7. The standard InChI is InChI=1S/C21H26N4O3/c1-16-18(14-23(2)22-16)19(26)24-12-13-28-21(15-24)10-6-7-11-25(20(21)27)17-8-4-3-5-9-17/h3-5,8-9,14H,6-7,10-13,15H2,1-2H3. The van der Waals surface area contributed by atoms with Gasteiger partial charge in [-0.15, -0.1) is 0 Å². The second-order valence-corrected chi connectivity index (χ2v) is 7.62.